The number of hydrogen-bond acceptors (Lipinski definition) is 3. The summed E-state index contributed by atoms with van der Waals surface area (Å²) in [5.74, 6) is 0.214. The molecule has 1 N–H and O–H groups in total. The van der Waals surface area contributed by atoms with Gasteiger partial charge in [0.2, 0.25) is 0 Å². The largest absolute Gasteiger partial charge is 0.389 e. The summed E-state index contributed by atoms with van der Waals surface area (Å²) in [6.07, 6.45) is 2.28. The van der Waals surface area contributed by atoms with Crippen LogP contribution in [0.5, 0.6) is 0 Å². The van der Waals surface area contributed by atoms with Gasteiger partial charge in [0.1, 0.15) is 12.4 Å². The molecule has 2 fully saturated rings. The lowest BCUT2D eigenvalue weighted by Gasteiger charge is -2.34. The summed E-state index contributed by atoms with van der Waals surface area (Å²) < 4.78 is 0. The molecule has 0 saturated heterocycles. The molecule has 0 amide bonds. The van der Waals surface area contributed by atoms with Gasteiger partial charge in [-0.05, 0) is 18.8 Å². The molecule has 14 heavy (non-hydrogen) atoms. The number of aliphatic hydroxyl groups excluding tert-OH is 1. The summed E-state index contributed by atoms with van der Waals surface area (Å²) in [7, 11) is 0. The number of aliphatic hydroxyl groups is 1. The molecule has 3 atom stereocenters. The molecular formula is C11H16O3. The van der Waals surface area contributed by atoms with E-state index in [2.05, 4.69) is 0 Å². The molecule has 0 heterocycles. The Kier molecular flexibility index (Phi) is 1.87. The van der Waals surface area contributed by atoms with Crippen LogP contribution in [0.2, 0.25) is 0 Å². The minimum atomic E-state index is -0.598. The molecule has 0 radical (unpaired) electrons. The van der Waals surface area contributed by atoms with E-state index in [4.69, 9.17) is 5.11 Å². The molecule has 2 aliphatic rings. The third-order valence-corrected chi connectivity index (χ3v) is 4.73. The van der Waals surface area contributed by atoms with Crippen LogP contribution in [0, 0.1) is 16.7 Å². The maximum Gasteiger partial charge on any atom is 0.165 e. The van der Waals surface area contributed by atoms with Gasteiger partial charge < -0.3 is 5.11 Å². The molecular weight excluding hydrogens is 180 g/mol. The quantitative estimate of drug-likeness (QED) is 0.715. The molecule has 0 aliphatic heterocycles. The molecule has 2 saturated carbocycles. The molecule has 0 aromatic carbocycles. The lowest BCUT2D eigenvalue weighted by molar-refractivity contribution is -0.141. The summed E-state index contributed by atoms with van der Waals surface area (Å²) in [4.78, 5) is 23.5. The standard InChI is InChI=1S/C11H16O3/c1-10-4-3-7(5-8(10)13)11(10,2)9(14)6-12/h7,12H,3-6H2,1-2H3. The molecule has 3 unspecified atom stereocenters. The van der Waals surface area contributed by atoms with Gasteiger partial charge in [-0.2, -0.15) is 0 Å². The number of carbonyl (C=O) groups is 2. The minimum Gasteiger partial charge on any atom is -0.389 e. The SMILES string of the molecule is CC12CCC(CC1=O)C2(C)C(=O)CO. The first kappa shape index (κ1) is 9.84. The molecule has 0 spiro atoms. The van der Waals surface area contributed by atoms with Gasteiger partial charge in [0.15, 0.2) is 5.78 Å². The number of ketones is 2. The average Bonchev–Trinajstić information content (AvgIpc) is 2.52. The maximum atomic E-state index is 11.8. The Balaban J connectivity index is 2.46. The smallest absolute Gasteiger partial charge is 0.165 e. The van der Waals surface area contributed by atoms with E-state index in [9.17, 15) is 9.59 Å². The van der Waals surface area contributed by atoms with Crippen molar-refractivity contribution in [2.24, 2.45) is 16.7 Å². The van der Waals surface area contributed by atoms with Crippen LogP contribution in [-0.2, 0) is 9.59 Å². The summed E-state index contributed by atoms with van der Waals surface area (Å²) in [5.41, 5.74) is -1.10. The molecule has 2 rings (SSSR count). The first-order chi connectivity index (χ1) is 6.46. The van der Waals surface area contributed by atoms with Crippen LogP contribution < -0.4 is 0 Å². The summed E-state index contributed by atoms with van der Waals surface area (Å²) in [5, 5.41) is 8.96. The molecule has 2 bridgehead atoms. The van der Waals surface area contributed by atoms with Crippen molar-refractivity contribution in [1.82, 2.24) is 0 Å². The zero-order chi connectivity index (χ0) is 10.6. The van der Waals surface area contributed by atoms with Crippen molar-refractivity contribution in [2.75, 3.05) is 6.61 Å². The second kappa shape index (κ2) is 2.66. The van der Waals surface area contributed by atoms with Crippen molar-refractivity contribution < 1.29 is 14.7 Å². The number of rotatable bonds is 2. The van der Waals surface area contributed by atoms with E-state index in [1.807, 2.05) is 13.8 Å². The second-order valence-electron chi connectivity index (χ2n) is 4.98. The number of hydrogen-bond donors (Lipinski definition) is 1. The number of Topliss-reactive ketones (excluding diaryl/α,β-unsaturated/α-hetero) is 2. The number of fused-ring (bicyclic) bond motifs is 2. The Hall–Kier alpha value is -0.700. The van der Waals surface area contributed by atoms with Gasteiger partial charge in [0.25, 0.3) is 0 Å². The fraction of sp³-hybridized carbons (Fsp3) is 0.818. The van der Waals surface area contributed by atoms with Gasteiger partial charge in [-0.3, -0.25) is 9.59 Å². The Morgan fingerprint density at radius 3 is 2.57 bits per heavy atom. The van der Waals surface area contributed by atoms with E-state index in [0.717, 1.165) is 12.8 Å². The van der Waals surface area contributed by atoms with Gasteiger partial charge in [-0.1, -0.05) is 13.8 Å². The molecule has 0 aromatic heterocycles. The number of carbonyl (C=O) groups excluding carboxylic acids is 2. The maximum absolute atomic E-state index is 11.8. The van der Waals surface area contributed by atoms with Crippen molar-refractivity contribution >= 4 is 11.6 Å². The monoisotopic (exact) mass is 196 g/mol. The van der Waals surface area contributed by atoms with Crippen molar-refractivity contribution in [2.45, 2.75) is 33.1 Å². The summed E-state index contributed by atoms with van der Waals surface area (Å²) >= 11 is 0. The van der Waals surface area contributed by atoms with Gasteiger partial charge in [0, 0.05) is 17.3 Å². The molecule has 78 valence electrons. The van der Waals surface area contributed by atoms with E-state index in [1.54, 1.807) is 0 Å². The third-order valence-electron chi connectivity index (χ3n) is 4.73. The lowest BCUT2D eigenvalue weighted by Crippen LogP contribution is -2.42. The van der Waals surface area contributed by atoms with Gasteiger partial charge >= 0.3 is 0 Å². The Bertz CT molecular complexity index is 310. The van der Waals surface area contributed by atoms with Crippen molar-refractivity contribution in [3.05, 3.63) is 0 Å². The van der Waals surface area contributed by atoms with Crippen LogP contribution in [0.3, 0.4) is 0 Å². The Morgan fingerprint density at radius 2 is 2.21 bits per heavy atom. The zero-order valence-corrected chi connectivity index (χ0v) is 8.67. The highest BCUT2D eigenvalue weighted by atomic mass is 16.3. The summed E-state index contributed by atoms with van der Waals surface area (Å²) in [6, 6.07) is 0. The zero-order valence-electron chi connectivity index (χ0n) is 8.67. The van der Waals surface area contributed by atoms with Gasteiger partial charge in [-0.15, -0.1) is 0 Å². The van der Waals surface area contributed by atoms with Crippen LogP contribution in [0.15, 0.2) is 0 Å². The average molecular weight is 196 g/mol. The molecule has 3 heteroatoms. The minimum absolute atomic E-state index is 0.159. The van der Waals surface area contributed by atoms with Crippen LogP contribution in [0.1, 0.15) is 33.1 Å². The first-order valence-corrected chi connectivity index (χ1v) is 5.14. The molecule has 2 aliphatic carbocycles. The third kappa shape index (κ3) is 0.817. The van der Waals surface area contributed by atoms with Gasteiger partial charge in [0.05, 0.1) is 0 Å². The lowest BCUT2D eigenvalue weighted by atomic mass is 9.66. The highest BCUT2D eigenvalue weighted by Crippen LogP contribution is 2.64. The van der Waals surface area contributed by atoms with E-state index in [1.165, 1.54) is 0 Å². The van der Waals surface area contributed by atoms with Gasteiger partial charge in [-0.25, -0.2) is 0 Å². The normalized spacial score (nSPS) is 45.9. The van der Waals surface area contributed by atoms with E-state index in [0.29, 0.717) is 6.42 Å². The van der Waals surface area contributed by atoms with E-state index >= 15 is 0 Å². The van der Waals surface area contributed by atoms with Crippen molar-refractivity contribution in [1.29, 1.82) is 0 Å². The van der Waals surface area contributed by atoms with E-state index in [-0.39, 0.29) is 17.5 Å². The van der Waals surface area contributed by atoms with Crippen LogP contribution in [0.25, 0.3) is 0 Å². The Morgan fingerprint density at radius 1 is 1.57 bits per heavy atom. The van der Waals surface area contributed by atoms with Crippen LogP contribution >= 0.6 is 0 Å². The van der Waals surface area contributed by atoms with E-state index < -0.39 is 17.4 Å². The first-order valence-electron chi connectivity index (χ1n) is 5.14. The molecule has 0 aromatic rings. The highest BCUT2D eigenvalue weighted by Gasteiger charge is 2.66. The topological polar surface area (TPSA) is 54.4 Å². The fourth-order valence-corrected chi connectivity index (χ4v) is 3.35. The highest BCUT2D eigenvalue weighted by molar-refractivity contribution is 6.00. The Labute approximate surface area is 83.5 Å². The predicted molar refractivity (Wildman–Crippen MR) is 50.7 cm³/mol. The second-order valence-corrected chi connectivity index (χ2v) is 4.98. The molecule has 3 nitrogen and oxygen atoms in total. The fourth-order valence-electron chi connectivity index (χ4n) is 3.35. The predicted octanol–water partition coefficient (Wildman–Crippen LogP) is 0.943. The van der Waals surface area contributed by atoms with Crippen molar-refractivity contribution in [3.63, 3.8) is 0 Å². The van der Waals surface area contributed by atoms with Crippen LogP contribution in [-0.4, -0.2) is 23.3 Å². The summed E-state index contributed by atoms with van der Waals surface area (Å²) in [6.45, 7) is 3.31. The van der Waals surface area contributed by atoms with Crippen molar-refractivity contribution in [3.8, 4) is 0 Å². The van der Waals surface area contributed by atoms with Crippen LogP contribution in [0.4, 0.5) is 0 Å².